The van der Waals surface area contributed by atoms with Gasteiger partial charge in [0.25, 0.3) is 0 Å². The molecule has 100 valence electrons. The largest absolute Gasteiger partial charge is 0.342 e. The van der Waals surface area contributed by atoms with Crippen LogP contribution in [0.15, 0.2) is 24.4 Å². The highest BCUT2D eigenvalue weighted by atomic mass is 32.1. The Hall–Kier alpha value is -1.55. The van der Waals surface area contributed by atoms with Crippen LogP contribution in [0, 0.1) is 10.6 Å². The Morgan fingerprint density at radius 3 is 2.84 bits per heavy atom. The quantitative estimate of drug-likeness (QED) is 0.857. The molecule has 0 atom stereocenters. The second-order valence-electron chi connectivity index (χ2n) is 5.06. The number of nitrogens with one attached hydrogen (secondary N) is 1. The number of nitrogens with zero attached hydrogens (tertiary/aromatic N) is 2. The van der Waals surface area contributed by atoms with E-state index in [0.717, 1.165) is 30.1 Å². The number of aryl methyl sites for hydroxylation is 1. The van der Waals surface area contributed by atoms with Crippen LogP contribution in [0.2, 0.25) is 0 Å². The molecule has 0 aliphatic heterocycles. The van der Waals surface area contributed by atoms with Gasteiger partial charge in [0.05, 0.1) is 0 Å². The van der Waals surface area contributed by atoms with Crippen molar-refractivity contribution in [3.05, 3.63) is 40.3 Å². The molecule has 19 heavy (non-hydrogen) atoms. The Morgan fingerprint density at radius 1 is 1.37 bits per heavy atom. The molecule has 0 fully saturated rings. The second-order valence-corrected chi connectivity index (χ2v) is 5.47. The van der Waals surface area contributed by atoms with Gasteiger partial charge in [0.1, 0.15) is 10.3 Å². The summed E-state index contributed by atoms with van der Waals surface area (Å²) in [6.07, 6.45) is 3.69. The van der Waals surface area contributed by atoms with Crippen LogP contribution in [0.5, 0.6) is 0 Å². The van der Waals surface area contributed by atoms with Crippen molar-refractivity contribution < 1.29 is 0 Å². The van der Waals surface area contributed by atoms with Crippen LogP contribution < -0.4 is 0 Å². The Kier molecular flexibility index (Phi) is 4.43. The number of pyridine rings is 1. The number of H-pyrrole nitrogens is 1. The number of rotatable bonds is 4. The smallest absolute Gasteiger partial charge is 0.158 e. The highest BCUT2D eigenvalue weighted by molar-refractivity contribution is 7.71. The van der Waals surface area contributed by atoms with E-state index in [1.54, 1.807) is 6.20 Å². The maximum Gasteiger partial charge on any atom is 0.158 e. The molecule has 0 aliphatic rings. The molecule has 2 heterocycles. The molecule has 0 aliphatic carbocycles. The zero-order valence-corrected chi connectivity index (χ0v) is 12.4. The van der Waals surface area contributed by atoms with Crippen LogP contribution >= 0.6 is 12.2 Å². The molecule has 2 aromatic rings. The first kappa shape index (κ1) is 13.9. The van der Waals surface area contributed by atoms with E-state index < -0.39 is 0 Å². The van der Waals surface area contributed by atoms with Crippen molar-refractivity contribution >= 4 is 12.2 Å². The summed E-state index contributed by atoms with van der Waals surface area (Å²) in [6, 6.07) is 5.97. The summed E-state index contributed by atoms with van der Waals surface area (Å²) in [5.41, 5.74) is 3.21. The average Bonchev–Trinajstić information content (AvgIpc) is 2.37. The highest BCUT2D eigenvalue weighted by Crippen LogP contribution is 2.18. The number of aromatic amines is 1. The SMILES string of the molecule is CCc1cccnc1-c1nc(=S)cc(CC(C)C)[nH]1. The van der Waals surface area contributed by atoms with Crippen molar-refractivity contribution in [1.29, 1.82) is 0 Å². The van der Waals surface area contributed by atoms with Crippen LogP contribution in [-0.2, 0) is 12.8 Å². The Labute approximate surface area is 119 Å². The molecule has 0 amide bonds. The fourth-order valence-electron chi connectivity index (χ4n) is 2.11. The lowest BCUT2D eigenvalue weighted by molar-refractivity contribution is 0.634. The molecule has 2 aromatic heterocycles. The third-order valence-electron chi connectivity index (χ3n) is 2.92. The molecule has 0 spiro atoms. The molecule has 4 heteroatoms. The maximum atomic E-state index is 5.26. The first-order valence-corrected chi connectivity index (χ1v) is 7.05. The Bertz CT molecular complexity index is 617. The molecule has 0 saturated heterocycles. The lowest BCUT2D eigenvalue weighted by Crippen LogP contribution is -2.02. The van der Waals surface area contributed by atoms with E-state index in [2.05, 4.69) is 41.8 Å². The number of hydrogen-bond donors (Lipinski definition) is 1. The summed E-state index contributed by atoms with van der Waals surface area (Å²) in [7, 11) is 0. The van der Waals surface area contributed by atoms with Gasteiger partial charge < -0.3 is 4.98 Å². The van der Waals surface area contributed by atoms with Gasteiger partial charge in [0, 0.05) is 11.9 Å². The molecule has 0 unspecified atom stereocenters. The van der Waals surface area contributed by atoms with Crippen molar-refractivity contribution in [2.75, 3.05) is 0 Å². The van der Waals surface area contributed by atoms with E-state index in [-0.39, 0.29) is 0 Å². The lowest BCUT2D eigenvalue weighted by atomic mass is 10.1. The summed E-state index contributed by atoms with van der Waals surface area (Å²) in [5.74, 6) is 1.36. The highest BCUT2D eigenvalue weighted by Gasteiger charge is 2.08. The van der Waals surface area contributed by atoms with Gasteiger partial charge in [0.15, 0.2) is 5.82 Å². The van der Waals surface area contributed by atoms with Crippen molar-refractivity contribution in [3.63, 3.8) is 0 Å². The van der Waals surface area contributed by atoms with Gasteiger partial charge in [-0.3, -0.25) is 4.98 Å². The minimum absolute atomic E-state index is 0.579. The van der Waals surface area contributed by atoms with Gasteiger partial charge >= 0.3 is 0 Å². The predicted molar refractivity (Wildman–Crippen MR) is 80.6 cm³/mol. The van der Waals surface area contributed by atoms with Crippen LogP contribution in [0.4, 0.5) is 0 Å². The zero-order valence-electron chi connectivity index (χ0n) is 11.6. The normalized spacial score (nSPS) is 10.9. The summed E-state index contributed by atoms with van der Waals surface area (Å²) in [5, 5.41) is 0. The first-order valence-electron chi connectivity index (χ1n) is 6.64. The van der Waals surface area contributed by atoms with E-state index >= 15 is 0 Å². The second kappa shape index (κ2) is 6.06. The van der Waals surface area contributed by atoms with Crippen molar-refractivity contribution in [3.8, 4) is 11.5 Å². The third-order valence-corrected chi connectivity index (χ3v) is 3.13. The van der Waals surface area contributed by atoms with Crippen LogP contribution in [-0.4, -0.2) is 15.0 Å². The molecule has 2 rings (SSSR count). The van der Waals surface area contributed by atoms with Crippen molar-refractivity contribution in [2.24, 2.45) is 5.92 Å². The van der Waals surface area contributed by atoms with E-state index in [9.17, 15) is 0 Å². The molecule has 3 nitrogen and oxygen atoms in total. The van der Waals surface area contributed by atoms with E-state index in [4.69, 9.17) is 12.2 Å². The fourth-order valence-corrected chi connectivity index (χ4v) is 2.34. The minimum Gasteiger partial charge on any atom is -0.342 e. The molecule has 1 N–H and O–H groups in total. The molecule has 0 bridgehead atoms. The van der Waals surface area contributed by atoms with Gasteiger partial charge in [-0.05, 0) is 36.5 Å². The van der Waals surface area contributed by atoms with Gasteiger partial charge in [-0.25, -0.2) is 4.98 Å². The van der Waals surface area contributed by atoms with E-state index in [1.807, 2.05) is 12.1 Å². The fraction of sp³-hybridized carbons (Fsp3) is 0.400. The molecule has 0 aromatic carbocycles. The first-order chi connectivity index (χ1) is 9.10. The molecule has 0 saturated carbocycles. The average molecular weight is 273 g/mol. The lowest BCUT2D eigenvalue weighted by Gasteiger charge is -2.09. The summed E-state index contributed by atoms with van der Waals surface area (Å²) >= 11 is 5.26. The number of aromatic nitrogens is 3. The Morgan fingerprint density at radius 2 is 2.16 bits per heavy atom. The summed E-state index contributed by atoms with van der Waals surface area (Å²) in [6.45, 7) is 6.50. The maximum absolute atomic E-state index is 5.26. The van der Waals surface area contributed by atoms with E-state index in [0.29, 0.717) is 10.6 Å². The van der Waals surface area contributed by atoms with Crippen molar-refractivity contribution in [2.45, 2.75) is 33.6 Å². The topological polar surface area (TPSA) is 41.6 Å². The van der Waals surface area contributed by atoms with Gasteiger partial charge in [-0.1, -0.05) is 39.1 Å². The Balaban J connectivity index is 2.50. The molecular formula is C15H19N3S. The zero-order chi connectivity index (χ0) is 13.8. The van der Waals surface area contributed by atoms with Gasteiger partial charge in [0.2, 0.25) is 0 Å². The van der Waals surface area contributed by atoms with E-state index in [1.165, 1.54) is 5.56 Å². The molecule has 0 radical (unpaired) electrons. The van der Waals surface area contributed by atoms with Crippen LogP contribution in [0.1, 0.15) is 32.0 Å². The number of hydrogen-bond acceptors (Lipinski definition) is 3. The van der Waals surface area contributed by atoms with Crippen molar-refractivity contribution in [1.82, 2.24) is 15.0 Å². The summed E-state index contributed by atoms with van der Waals surface area (Å²) < 4.78 is 0.622. The third kappa shape index (κ3) is 3.47. The van der Waals surface area contributed by atoms with Crippen LogP contribution in [0.3, 0.4) is 0 Å². The minimum atomic E-state index is 0.579. The van der Waals surface area contributed by atoms with Crippen LogP contribution in [0.25, 0.3) is 11.5 Å². The molecular weight excluding hydrogens is 254 g/mol. The standard InChI is InChI=1S/C15H19N3S/c1-4-11-6-5-7-16-14(11)15-17-12(8-10(2)3)9-13(19)18-15/h5-7,9-10H,4,8H2,1-3H3,(H,17,18,19). The monoisotopic (exact) mass is 273 g/mol. The van der Waals surface area contributed by atoms with Gasteiger partial charge in [-0.2, -0.15) is 0 Å². The summed E-state index contributed by atoms with van der Waals surface area (Å²) in [4.78, 5) is 12.2. The predicted octanol–water partition coefficient (Wildman–Crippen LogP) is 3.96. The van der Waals surface area contributed by atoms with Gasteiger partial charge in [-0.15, -0.1) is 0 Å².